The van der Waals surface area contributed by atoms with Crippen molar-refractivity contribution in [3.05, 3.63) is 0 Å². The van der Waals surface area contributed by atoms with Crippen LogP contribution in [0.25, 0.3) is 0 Å². The number of nitrogens with zero attached hydrogens (tertiary/aromatic N) is 2. The van der Waals surface area contributed by atoms with E-state index in [1.807, 2.05) is 0 Å². The Morgan fingerprint density at radius 3 is 2.48 bits per heavy atom. The lowest BCUT2D eigenvalue weighted by Crippen LogP contribution is -2.62. The summed E-state index contributed by atoms with van der Waals surface area (Å²) in [6, 6.07) is 0.564. The fraction of sp³-hybridized carbons (Fsp3) is 1.00. The molecule has 168 valence electrons. The second-order valence-electron chi connectivity index (χ2n) is 11.8. The van der Waals surface area contributed by atoms with E-state index < -0.39 is 0 Å². The summed E-state index contributed by atoms with van der Waals surface area (Å²) in [5.74, 6) is 2.38. The first kappa shape index (κ1) is 22.0. The number of unbranched alkanes of at least 4 members (excludes halogenated alkanes) is 1. The number of ether oxygens (including phenoxy) is 1. The van der Waals surface area contributed by atoms with Crippen LogP contribution in [-0.4, -0.2) is 74.4 Å². The van der Waals surface area contributed by atoms with Crippen LogP contribution in [0.5, 0.6) is 0 Å². The van der Waals surface area contributed by atoms with Crippen molar-refractivity contribution in [3.63, 3.8) is 0 Å². The largest absolute Gasteiger partial charge is 0.367 e. The molecule has 4 nitrogen and oxygen atoms in total. The van der Waals surface area contributed by atoms with Crippen LogP contribution in [0.4, 0.5) is 0 Å². The van der Waals surface area contributed by atoms with Crippen LogP contribution >= 0.6 is 0 Å². The summed E-state index contributed by atoms with van der Waals surface area (Å²) in [5.41, 5.74) is 0.763. The molecule has 0 aromatic carbocycles. The Kier molecular flexibility index (Phi) is 6.14. The summed E-state index contributed by atoms with van der Waals surface area (Å²) >= 11 is 0. The lowest BCUT2D eigenvalue weighted by Gasteiger charge is -2.55. The van der Waals surface area contributed by atoms with E-state index in [0.29, 0.717) is 17.4 Å². The van der Waals surface area contributed by atoms with Crippen LogP contribution in [0.2, 0.25) is 0 Å². The number of rotatable bonds is 10. The zero-order valence-corrected chi connectivity index (χ0v) is 20.1. The van der Waals surface area contributed by atoms with E-state index in [9.17, 15) is 0 Å². The molecule has 7 atom stereocenters. The summed E-state index contributed by atoms with van der Waals surface area (Å²) < 4.78 is 7.00. The first-order valence-electron chi connectivity index (χ1n) is 12.5. The van der Waals surface area contributed by atoms with E-state index in [1.54, 1.807) is 0 Å². The lowest BCUT2D eigenvalue weighted by atomic mass is 9.49. The Morgan fingerprint density at radius 1 is 0.966 bits per heavy atom. The standard InChI is InChI=1S/C25H47N3O/c1-19-10-11-21-24(3)22(20-18-25(19,21)13-12-23(20,2)29-24)26-14-7-8-16-28(6)17-9-15-27(4)5/h19-22,26H,7-18H2,1-6H3. The molecule has 1 spiro atoms. The van der Waals surface area contributed by atoms with E-state index in [-0.39, 0.29) is 11.2 Å². The Labute approximate surface area is 180 Å². The highest BCUT2D eigenvalue weighted by atomic mass is 16.5. The predicted octanol–water partition coefficient (Wildman–Crippen LogP) is 4.00. The molecule has 7 unspecified atom stereocenters. The number of hydrogen-bond acceptors (Lipinski definition) is 4. The van der Waals surface area contributed by atoms with Crippen LogP contribution in [0, 0.1) is 23.2 Å². The summed E-state index contributed by atoms with van der Waals surface area (Å²) in [5, 5.41) is 4.04. The molecule has 3 aliphatic carbocycles. The van der Waals surface area contributed by atoms with Crippen LogP contribution in [0.3, 0.4) is 0 Å². The van der Waals surface area contributed by atoms with Crippen LogP contribution in [-0.2, 0) is 4.74 Å². The van der Waals surface area contributed by atoms with Gasteiger partial charge in [-0.25, -0.2) is 0 Å². The number of fused-ring (bicyclic) bond motifs is 2. The molecular weight excluding hydrogens is 358 g/mol. The minimum atomic E-state index is 0.0574. The van der Waals surface area contributed by atoms with Crippen molar-refractivity contribution >= 4 is 0 Å². The molecule has 4 aliphatic rings. The lowest BCUT2D eigenvalue weighted by molar-refractivity contribution is -0.115. The molecule has 1 N–H and O–H groups in total. The quantitative estimate of drug-likeness (QED) is 0.556. The van der Waals surface area contributed by atoms with Crippen molar-refractivity contribution in [1.82, 2.24) is 15.1 Å². The van der Waals surface area contributed by atoms with Crippen molar-refractivity contribution in [2.75, 3.05) is 47.3 Å². The molecule has 29 heavy (non-hydrogen) atoms. The van der Waals surface area contributed by atoms with Gasteiger partial charge in [-0.1, -0.05) is 6.92 Å². The van der Waals surface area contributed by atoms with Gasteiger partial charge in [0.25, 0.3) is 0 Å². The van der Waals surface area contributed by atoms with Gasteiger partial charge in [-0.2, -0.15) is 0 Å². The smallest absolute Gasteiger partial charge is 0.0851 e. The molecule has 4 heteroatoms. The maximum absolute atomic E-state index is 7.00. The molecule has 1 heterocycles. The highest BCUT2D eigenvalue weighted by Gasteiger charge is 2.73. The van der Waals surface area contributed by atoms with Gasteiger partial charge in [-0.15, -0.1) is 0 Å². The van der Waals surface area contributed by atoms with Crippen molar-refractivity contribution < 1.29 is 4.74 Å². The second kappa shape index (κ2) is 8.07. The first-order chi connectivity index (χ1) is 13.7. The molecule has 3 bridgehead atoms. The molecule has 0 amide bonds. The van der Waals surface area contributed by atoms with Gasteiger partial charge in [0.1, 0.15) is 0 Å². The Balaban J connectivity index is 1.28. The SMILES string of the molecule is CC1CCC2C13CCC1(C)OC2(C)C(NCCCCN(C)CCCN(C)C)C1C3. The fourth-order valence-corrected chi connectivity index (χ4v) is 8.08. The van der Waals surface area contributed by atoms with Gasteiger partial charge in [-0.3, -0.25) is 0 Å². The topological polar surface area (TPSA) is 27.7 Å². The zero-order valence-electron chi connectivity index (χ0n) is 20.1. The molecule has 4 fully saturated rings. The van der Waals surface area contributed by atoms with E-state index in [0.717, 1.165) is 18.4 Å². The Hall–Kier alpha value is -0.160. The van der Waals surface area contributed by atoms with Gasteiger partial charge in [0.05, 0.1) is 11.2 Å². The van der Waals surface area contributed by atoms with Gasteiger partial charge in [0, 0.05) is 12.0 Å². The monoisotopic (exact) mass is 405 g/mol. The summed E-state index contributed by atoms with van der Waals surface area (Å²) in [6.07, 6.45) is 10.7. The third kappa shape index (κ3) is 3.70. The molecule has 1 saturated heterocycles. The number of hydrogen-bond donors (Lipinski definition) is 1. The minimum Gasteiger partial charge on any atom is -0.367 e. The predicted molar refractivity (Wildman–Crippen MR) is 121 cm³/mol. The highest BCUT2D eigenvalue weighted by molar-refractivity contribution is 5.24. The first-order valence-corrected chi connectivity index (χ1v) is 12.5. The van der Waals surface area contributed by atoms with Gasteiger partial charge < -0.3 is 19.9 Å². The van der Waals surface area contributed by atoms with E-state index in [4.69, 9.17) is 4.74 Å². The maximum Gasteiger partial charge on any atom is 0.0851 e. The average molecular weight is 406 g/mol. The molecule has 0 aromatic rings. The third-order valence-corrected chi connectivity index (χ3v) is 9.68. The van der Waals surface area contributed by atoms with Crippen LogP contribution in [0.15, 0.2) is 0 Å². The highest BCUT2D eigenvalue weighted by Crippen LogP contribution is 2.72. The van der Waals surface area contributed by atoms with Crippen molar-refractivity contribution in [2.45, 2.75) is 89.4 Å². The van der Waals surface area contributed by atoms with Crippen LogP contribution in [0.1, 0.15) is 72.1 Å². The second-order valence-corrected chi connectivity index (χ2v) is 11.8. The minimum absolute atomic E-state index is 0.0574. The van der Waals surface area contributed by atoms with Crippen LogP contribution < -0.4 is 5.32 Å². The van der Waals surface area contributed by atoms with Crippen molar-refractivity contribution in [2.24, 2.45) is 23.2 Å². The van der Waals surface area contributed by atoms with Gasteiger partial charge >= 0.3 is 0 Å². The Morgan fingerprint density at radius 2 is 1.72 bits per heavy atom. The maximum atomic E-state index is 7.00. The average Bonchev–Trinajstić information content (AvgIpc) is 3.02. The molecule has 3 saturated carbocycles. The molecule has 0 aromatic heterocycles. The summed E-state index contributed by atoms with van der Waals surface area (Å²) in [7, 11) is 6.60. The molecule has 4 rings (SSSR count). The number of nitrogens with one attached hydrogen (secondary N) is 1. The normalized spacial score (nSPS) is 45.5. The molecule has 1 aliphatic heterocycles. The van der Waals surface area contributed by atoms with Crippen molar-refractivity contribution in [1.29, 1.82) is 0 Å². The van der Waals surface area contributed by atoms with Gasteiger partial charge in [-0.05, 0) is 130 Å². The van der Waals surface area contributed by atoms with E-state index >= 15 is 0 Å². The van der Waals surface area contributed by atoms with Crippen molar-refractivity contribution in [3.8, 4) is 0 Å². The van der Waals surface area contributed by atoms with E-state index in [1.165, 1.54) is 71.0 Å². The summed E-state index contributed by atoms with van der Waals surface area (Å²) in [6.45, 7) is 12.2. The molecular formula is C25H47N3O. The summed E-state index contributed by atoms with van der Waals surface area (Å²) in [4.78, 5) is 4.78. The Bertz CT molecular complexity index is 582. The van der Waals surface area contributed by atoms with Gasteiger partial charge in [0.15, 0.2) is 0 Å². The fourth-order valence-electron chi connectivity index (χ4n) is 8.08. The van der Waals surface area contributed by atoms with Gasteiger partial charge in [0.2, 0.25) is 0 Å². The third-order valence-electron chi connectivity index (χ3n) is 9.68. The molecule has 0 radical (unpaired) electrons. The van der Waals surface area contributed by atoms with E-state index in [2.05, 4.69) is 57.0 Å². The zero-order chi connectivity index (χ0) is 20.9.